The van der Waals surface area contributed by atoms with E-state index in [4.69, 9.17) is 8.57 Å². The molecule has 39 heavy (non-hydrogen) atoms. The minimum atomic E-state index is -4.95. The summed E-state index contributed by atoms with van der Waals surface area (Å²) in [5, 5.41) is 2.21. The Morgan fingerprint density at radius 1 is 0.769 bits per heavy atom. The smallest absolute Gasteiger partial charge is 0.317 e. The maximum atomic E-state index is 14.0. The van der Waals surface area contributed by atoms with E-state index in [1.54, 1.807) is 0 Å². The number of urea groups is 2. The van der Waals surface area contributed by atoms with Gasteiger partial charge in [0.1, 0.15) is 31.7 Å². The van der Waals surface area contributed by atoms with Crippen LogP contribution in [0.5, 0.6) is 0 Å². The van der Waals surface area contributed by atoms with Crippen LogP contribution in [0.15, 0.2) is 33.2 Å². The summed E-state index contributed by atoms with van der Waals surface area (Å²) in [7, 11) is -13.2. The quantitative estimate of drug-likeness (QED) is 0.374. The van der Waals surface area contributed by atoms with E-state index < -0.39 is 68.2 Å². The summed E-state index contributed by atoms with van der Waals surface area (Å²) in [5.41, 5.74) is 0. The van der Waals surface area contributed by atoms with Crippen molar-refractivity contribution in [3.8, 4) is 0 Å². The molecule has 6 heterocycles. The second-order valence-electron chi connectivity index (χ2n) is 9.89. The third-order valence-corrected chi connectivity index (χ3v) is 11.0. The average molecular weight is 617 g/mol. The molecular weight excluding hydrogens is 592 g/mol. The van der Waals surface area contributed by atoms with Gasteiger partial charge in [-0.25, -0.2) is 19.6 Å². The van der Waals surface area contributed by atoms with Gasteiger partial charge in [-0.05, 0) is 25.7 Å². The molecule has 6 aliphatic rings. The topological polar surface area (TPSA) is 124 Å². The lowest BCUT2D eigenvalue weighted by molar-refractivity contribution is -0.0841. The molecule has 6 aliphatic heterocycles. The molecule has 0 aliphatic carbocycles. The Morgan fingerprint density at radius 2 is 1.18 bits per heavy atom. The van der Waals surface area contributed by atoms with Crippen LogP contribution in [0.25, 0.3) is 0 Å². The van der Waals surface area contributed by atoms with Crippen molar-refractivity contribution in [1.82, 2.24) is 19.9 Å². The van der Waals surface area contributed by atoms with Crippen LogP contribution < -0.4 is 0 Å². The largest absolute Gasteiger partial charge is 0.442 e. The van der Waals surface area contributed by atoms with Crippen molar-refractivity contribution in [2.45, 2.75) is 62.7 Å². The van der Waals surface area contributed by atoms with Gasteiger partial charge in [0.25, 0.3) is 0 Å². The molecule has 19 heteroatoms. The highest BCUT2D eigenvalue weighted by atomic mass is 32.3. The Kier molecular flexibility index (Phi) is 6.44. The fraction of sp³-hybridized carbons (Fsp3) is 0.600. The highest BCUT2D eigenvalue weighted by molar-refractivity contribution is 8.40. The molecule has 0 spiro atoms. The van der Waals surface area contributed by atoms with E-state index in [2.05, 4.69) is 9.98 Å². The van der Waals surface area contributed by atoms with Crippen molar-refractivity contribution >= 4 is 54.1 Å². The van der Waals surface area contributed by atoms with Crippen molar-refractivity contribution in [3.63, 3.8) is 0 Å². The van der Waals surface area contributed by atoms with Crippen LogP contribution >= 0.6 is 21.6 Å². The minimum Gasteiger partial charge on any atom is -0.317 e. The molecule has 12 nitrogen and oxygen atoms in total. The first-order valence-corrected chi connectivity index (χ1v) is 16.4. The van der Waals surface area contributed by atoms with Crippen LogP contribution in [-0.2, 0) is 19.0 Å². The van der Waals surface area contributed by atoms with Gasteiger partial charge in [0.15, 0.2) is 0 Å². The number of nitrogens with zero attached hydrogens (tertiary/aromatic N) is 6. The molecule has 6 rings (SSSR count). The van der Waals surface area contributed by atoms with Crippen molar-refractivity contribution in [2.75, 3.05) is 13.1 Å². The van der Waals surface area contributed by atoms with Crippen LogP contribution in [0, 0.1) is 0 Å². The second-order valence-corrected chi connectivity index (χ2v) is 14.5. The monoisotopic (exact) mass is 616 g/mol. The molecule has 216 valence electrons. The van der Waals surface area contributed by atoms with Crippen LogP contribution in [0.3, 0.4) is 0 Å². The minimum absolute atomic E-state index is 0.0761. The summed E-state index contributed by atoms with van der Waals surface area (Å²) in [5.74, 6) is 0. The Labute approximate surface area is 225 Å². The molecule has 0 N–H and O–H groups in total. The first kappa shape index (κ1) is 26.9. The Hall–Kier alpha value is -2.35. The van der Waals surface area contributed by atoms with E-state index in [1.165, 1.54) is 9.80 Å². The highest BCUT2D eigenvalue weighted by Gasteiger charge is 2.52. The van der Waals surface area contributed by atoms with Crippen molar-refractivity contribution < 1.29 is 42.1 Å². The standard InChI is InChI=1S/C20H24F4N6O6S3/c21-37(22)7-5-25-17(37)9-13-1-3-15-11-27(13)19(31)29(15)35-39(33,34)36-30-16-4-2-14(28(12-16)20(30)32)10-18-26-6-8-38(18,23)24/h5-8,13-16H,1-4,9-12H2. The zero-order valence-electron chi connectivity index (χ0n) is 20.1. The molecule has 4 atom stereocenters. The summed E-state index contributed by atoms with van der Waals surface area (Å²) in [6, 6.07) is -4.14. The van der Waals surface area contributed by atoms with Crippen LogP contribution in [0.4, 0.5) is 25.1 Å². The lowest BCUT2D eigenvalue weighted by Crippen LogP contribution is -2.42. The van der Waals surface area contributed by atoms with Gasteiger partial charge >= 0.3 is 22.5 Å². The first-order chi connectivity index (χ1) is 18.3. The predicted molar refractivity (Wildman–Crippen MR) is 135 cm³/mol. The van der Waals surface area contributed by atoms with Crippen LogP contribution in [-0.4, -0.2) is 87.8 Å². The molecule has 0 saturated carbocycles. The van der Waals surface area contributed by atoms with E-state index in [1.807, 2.05) is 0 Å². The predicted octanol–water partition coefficient (Wildman–Crippen LogP) is 4.33. The van der Waals surface area contributed by atoms with Gasteiger partial charge < -0.3 is 9.80 Å². The van der Waals surface area contributed by atoms with Crippen molar-refractivity contribution in [1.29, 1.82) is 0 Å². The lowest BCUT2D eigenvalue weighted by atomic mass is 9.99. The van der Waals surface area contributed by atoms with E-state index in [9.17, 15) is 33.5 Å². The fourth-order valence-electron chi connectivity index (χ4n) is 5.66. The number of aliphatic imine (C=N–C) groups is 2. The number of hydroxylamine groups is 4. The lowest BCUT2D eigenvalue weighted by Gasteiger charge is -2.31. The van der Waals surface area contributed by atoms with Gasteiger partial charge in [-0.15, -0.1) is 24.1 Å². The van der Waals surface area contributed by atoms with Gasteiger partial charge in [0.05, 0.1) is 12.1 Å². The van der Waals surface area contributed by atoms with E-state index in [0.717, 1.165) is 23.2 Å². The molecule has 4 amide bonds. The molecule has 4 unspecified atom stereocenters. The molecule has 0 aromatic heterocycles. The molecule has 4 bridgehead atoms. The Balaban J connectivity index is 1.08. The van der Waals surface area contributed by atoms with Gasteiger partial charge in [0, 0.05) is 61.2 Å². The maximum absolute atomic E-state index is 14.0. The van der Waals surface area contributed by atoms with Gasteiger partial charge in [-0.3, -0.25) is 0 Å². The Bertz CT molecular complexity index is 1230. The fourth-order valence-corrected chi connectivity index (χ4v) is 8.43. The highest BCUT2D eigenvalue weighted by Crippen LogP contribution is 2.59. The van der Waals surface area contributed by atoms with E-state index in [0.29, 0.717) is 35.8 Å². The van der Waals surface area contributed by atoms with E-state index >= 15 is 0 Å². The number of amides is 4. The summed E-state index contributed by atoms with van der Waals surface area (Å²) >= 11 is 0. The number of fused-ring (bicyclic) bond motifs is 4. The van der Waals surface area contributed by atoms with Gasteiger partial charge in [-0.2, -0.15) is 18.5 Å². The third kappa shape index (κ3) is 4.81. The SMILES string of the molecule is O=C1N2CC(CCC2CC2=NC=CS2(F)F)N1OS(=O)(=O)ON1C(=O)N2CC1CCC2CC1=NC=CS1(F)F. The summed E-state index contributed by atoms with van der Waals surface area (Å²) in [4.78, 5) is 36.0. The number of piperidine rings is 2. The first-order valence-electron chi connectivity index (χ1n) is 12.1. The zero-order chi connectivity index (χ0) is 27.7. The number of rotatable bonds is 8. The second kappa shape index (κ2) is 9.35. The van der Waals surface area contributed by atoms with E-state index in [-0.39, 0.29) is 36.0 Å². The summed E-state index contributed by atoms with van der Waals surface area (Å²) in [6.45, 7) is 0.152. The van der Waals surface area contributed by atoms with Gasteiger partial charge in [0.2, 0.25) is 0 Å². The van der Waals surface area contributed by atoms with Crippen molar-refractivity contribution in [3.05, 3.63) is 23.2 Å². The Morgan fingerprint density at radius 3 is 1.54 bits per heavy atom. The maximum Gasteiger partial charge on any atom is 0.442 e. The molecule has 4 fully saturated rings. The van der Waals surface area contributed by atoms with Gasteiger partial charge in [-0.1, -0.05) is 0 Å². The average Bonchev–Trinajstić information content (AvgIpc) is 3.53. The summed E-state index contributed by atoms with van der Waals surface area (Å²) in [6.07, 6.45) is 3.11. The molecule has 0 radical (unpaired) electrons. The number of hydrogen-bond acceptors (Lipinski definition) is 8. The zero-order valence-corrected chi connectivity index (χ0v) is 22.6. The van der Waals surface area contributed by atoms with Crippen LogP contribution in [0.2, 0.25) is 0 Å². The number of carbonyl (C=O) groups excluding carboxylic acids is 2. The molecule has 0 aromatic carbocycles. The molecular formula is C20H24F4N6O6S3. The van der Waals surface area contributed by atoms with Crippen LogP contribution in [0.1, 0.15) is 38.5 Å². The third-order valence-electron chi connectivity index (χ3n) is 7.59. The number of carbonyl (C=O) groups is 2. The normalized spacial score (nSPS) is 34.2. The van der Waals surface area contributed by atoms with Crippen molar-refractivity contribution in [2.24, 2.45) is 9.98 Å². The number of hydrogen-bond donors (Lipinski definition) is 0. The number of halogens is 4. The molecule has 4 saturated heterocycles. The molecule has 0 aromatic rings. The summed E-state index contributed by atoms with van der Waals surface area (Å²) < 4.78 is 91.7.